The van der Waals surface area contributed by atoms with E-state index < -0.39 is 0 Å². The van der Waals surface area contributed by atoms with Crippen molar-refractivity contribution in [1.29, 1.82) is 0 Å². The van der Waals surface area contributed by atoms with Gasteiger partial charge in [0.1, 0.15) is 5.82 Å². The molecule has 1 fully saturated rings. The second kappa shape index (κ2) is 6.97. The van der Waals surface area contributed by atoms with Crippen molar-refractivity contribution in [3.05, 3.63) is 59.5 Å². The zero-order chi connectivity index (χ0) is 18.1. The summed E-state index contributed by atoms with van der Waals surface area (Å²) in [5, 5.41) is 10.8. The van der Waals surface area contributed by atoms with E-state index in [9.17, 15) is 9.50 Å². The van der Waals surface area contributed by atoms with Crippen LogP contribution in [-0.2, 0) is 4.74 Å². The number of halogens is 1. The van der Waals surface area contributed by atoms with Gasteiger partial charge in [0.05, 0.1) is 26.4 Å². The van der Waals surface area contributed by atoms with Gasteiger partial charge in [0.25, 0.3) is 0 Å². The number of morpholine rings is 1. The average Bonchev–Trinajstić information content (AvgIpc) is 3.07. The number of aromatic amines is 1. The number of aromatic hydroxyl groups is 1. The first-order valence-electron chi connectivity index (χ1n) is 8.62. The van der Waals surface area contributed by atoms with E-state index in [2.05, 4.69) is 9.88 Å². The van der Waals surface area contributed by atoms with Gasteiger partial charge in [-0.3, -0.25) is 4.90 Å². The minimum absolute atomic E-state index is 0.0936. The number of rotatable bonds is 4. The Morgan fingerprint density at radius 2 is 2.00 bits per heavy atom. The van der Waals surface area contributed by atoms with Crippen LogP contribution in [0.25, 0.3) is 10.9 Å². The van der Waals surface area contributed by atoms with E-state index in [1.165, 1.54) is 13.2 Å². The van der Waals surface area contributed by atoms with E-state index in [4.69, 9.17) is 9.47 Å². The lowest BCUT2D eigenvalue weighted by Gasteiger charge is -2.35. The van der Waals surface area contributed by atoms with Gasteiger partial charge in [0.2, 0.25) is 0 Å². The van der Waals surface area contributed by atoms with Crippen molar-refractivity contribution in [1.82, 2.24) is 9.88 Å². The lowest BCUT2D eigenvalue weighted by Crippen LogP contribution is -2.39. The Hall–Kier alpha value is -2.57. The highest BCUT2D eigenvalue weighted by molar-refractivity contribution is 5.84. The summed E-state index contributed by atoms with van der Waals surface area (Å²) in [6.07, 6.45) is 1.93. The third kappa shape index (κ3) is 3.02. The standard InChI is InChI=1S/C20H21FN2O3/c1-25-19-10-13(2-5-18(19)24)20(23-6-8-26-9-7-23)16-12-22-17-4-3-14(21)11-15(16)17/h2-5,10-12,20,22,24H,6-9H2,1H3. The maximum atomic E-state index is 13.9. The highest BCUT2D eigenvalue weighted by Crippen LogP contribution is 2.37. The van der Waals surface area contributed by atoms with E-state index in [0.29, 0.717) is 19.0 Å². The van der Waals surface area contributed by atoms with Crippen LogP contribution in [-0.4, -0.2) is 48.4 Å². The van der Waals surface area contributed by atoms with Crippen LogP contribution in [0.4, 0.5) is 4.39 Å². The van der Waals surface area contributed by atoms with Gasteiger partial charge in [-0.05, 0) is 41.5 Å². The molecule has 6 heteroatoms. The molecule has 4 rings (SSSR count). The molecule has 1 saturated heterocycles. The number of hydrogen-bond acceptors (Lipinski definition) is 4. The number of methoxy groups -OCH3 is 1. The Morgan fingerprint density at radius 1 is 1.19 bits per heavy atom. The van der Waals surface area contributed by atoms with Crippen molar-refractivity contribution in [3.63, 3.8) is 0 Å². The van der Waals surface area contributed by atoms with E-state index in [-0.39, 0.29) is 17.6 Å². The number of nitrogens with zero attached hydrogens (tertiary/aromatic N) is 1. The fourth-order valence-corrected chi connectivity index (χ4v) is 3.63. The smallest absolute Gasteiger partial charge is 0.160 e. The summed E-state index contributed by atoms with van der Waals surface area (Å²) in [5.74, 6) is 0.260. The van der Waals surface area contributed by atoms with Gasteiger partial charge in [0.15, 0.2) is 11.5 Å². The summed E-state index contributed by atoms with van der Waals surface area (Å²) in [7, 11) is 1.53. The molecule has 0 spiro atoms. The van der Waals surface area contributed by atoms with Crippen molar-refractivity contribution in [3.8, 4) is 11.5 Å². The summed E-state index contributed by atoms with van der Waals surface area (Å²) in [6.45, 7) is 2.86. The van der Waals surface area contributed by atoms with Gasteiger partial charge >= 0.3 is 0 Å². The quantitative estimate of drug-likeness (QED) is 0.752. The number of H-pyrrole nitrogens is 1. The molecule has 3 aromatic rings. The van der Waals surface area contributed by atoms with E-state index in [0.717, 1.165) is 35.1 Å². The summed E-state index contributed by atoms with van der Waals surface area (Å²) in [6, 6.07) is 10.0. The van der Waals surface area contributed by atoms with Crippen molar-refractivity contribution >= 4 is 10.9 Å². The van der Waals surface area contributed by atoms with Gasteiger partial charge in [-0.15, -0.1) is 0 Å². The van der Waals surface area contributed by atoms with Gasteiger partial charge in [-0.1, -0.05) is 6.07 Å². The predicted molar refractivity (Wildman–Crippen MR) is 97.2 cm³/mol. The summed E-state index contributed by atoms with van der Waals surface area (Å²) in [5.41, 5.74) is 2.87. The van der Waals surface area contributed by atoms with Crippen LogP contribution < -0.4 is 4.74 Å². The normalized spacial score (nSPS) is 16.7. The van der Waals surface area contributed by atoms with Crippen LogP contribution in [0.3, 0.4) is 0 Å². The minimum Gasteiger partial charge on any atom is -0.504 e. The lowest BCUT2D eigenvalue weighted by atomic mass is 9.95. The molecule has 0 amide bonds. The Bertz CT molecular complexity index is 919. The van der Waals surface area contributed by atoms with Crippen LogP contribution in [0.2, 0.25) is 0 Å². The summed E-state index contributed by atoms with van der Waals surface area (Å²) in [4.78, 5) is 5.55. The molecule has 2 heterocycles. The lowest BCUT2D eigenvalue weighted by molar-refractivity contribution is 0.0241. The van der Waals surface area contributed by atoms with Crippen molar-refractivity contribution in [2.24, 2.45) is 0 Å². The van der Waals surface area contributed by atoms with Crippen LogP contribution in [0.1, 0.15) is 17.2 Å². The number of hydrogen-bond donors (Lipinski definition) is 2. The van der Waals surface area contributed by atoms with Gasteiger partial charge in [-0.25, -0.2) is 4.39 Å². The third-order valence-corrected chi connectivity index (χ3v) is 4.90. The number of ether oxygens (including phenoxy) is 2. The average molecular weight is 356 g/mol. The minimum atomic E-state index is -0.262. The molecule has 2 aromatic carbocycles. The van der Waals surface area contributed by atoms with Crippen LogP contribution >= 0.6 is 0 Å². The molecular formula is C20H21FN2O3. The number of phenolic OH excluding ortho intramolecular Hbond substituents is 1. The number of nitrogens with one attached hydrogen (secondary N) is 1. The van der Waals surface area contributed by atoms with Gasteiger partial charge in [-0.2, -0.15) is 0 Å². The van der Waals surface area contributed by atoms with Crippen molar-refractivity contribution < 1.29 is 19.0 Å². The maximum Gasteiger partial charge on any atom is 0.160 e. The first kappa shape index (κ1) is 16.9. The maximum absolute atomic E-state index is 13.9. The van der Waals surface area contributed by atoms with Crippen molar-refractivity contribution in [2.75, 3.05) is 33.4 Å². The largest absolute Gasteiger partial charge is 0.504 e. The molecule has 26 heavy (non-hydrogen) atoms. The van der Waals surface area contributed by atoms with Crippen LogP contribution in [0.5, 0.6) is 11.5 Å². The number of aromatic nitrogens is 1. The second-order valence-electron chi connectivity index (χ2n) is 6.42. The van der Waals surface area contributed by atoms with Crippen LogP contribution in [0.15, 0.2) is 42.6 Å². The molecule has 1 atom stereocenters. The number of phenols is 1. The monoisotopic (exact) mass is 356 g/mol. The molecule has 0 aliphatic carbocycles. The molecule has 0 radical (unpaired) electrons. The molecule has 2 N–H and O–H groups in total. The molecule has 0 bridgehead atoms. The zero-order valence-electron chi connectivity index (χ0n) is 14.5. The fraction of sp³-hybridized carbons (Fsp3) is 0.300. The zero-order valence-corrected chi connectivity index (χ0v) is 14.5. The number of fused-ring (bicyclic) bond motifs is 1. The molecule has 1 unspecified atom stereocenters. The molecule has 1 aliphatic rings. The summed E-state index contributed by atoms with van der Waals surface area (Å²) >= 11 is 0. The molecular weight excluding hydrogens is 335 g/mol. The topological polar surface area (TPSA) is 57.7 Å². The third-order valence-electron chi connectivity index (χ3n) is 4.90. The fourth-order valence-electron chi connectivity index (χ4n) is 3.63. The Labute approximate surface area is 151 Å². The van der Waals surface area contributed by atoms with Crippen LogP contribution in [0, 0.1) is 5.82 Å². The van der Waals surface area contributed by atoms with E-state index in [1.54, 1.807) is 18.2 Å². The predicted octanol–water partition coefficient (Wildman–Crippen LogP) is 3.44. The van der Waals surface area contributed by atoms with Gasteiger partial charge in [0, 0.05) is 30.2 Å². The molecule has 136 valence electrons. The Kier molecular flexibility index (Phi) is 4.53. The SMILES string of the molecule is COc1cc(C(c2c[nH]c3ccc(F)cc23)N2CCOCC2)ccc1O. The first-order valence-corrected chi connectivity index (χ1v) is 8.62. The Morgan fingerprint density at radius 3 is 2.77 bits per heavy atom. The molecule has 1 aromatic heterocycles. The Balaban J connectivity index is 1.86. The summed E-state index contributed by atoms with van der Waals surface area (Å²) < 4.78 is 24.7. The molecule has 5 nitrogen and oxygen atoms in total. The highest BCUT2D eigenvalue weighted by atomic mass is 19.1. The highest BCUT2D eigenvalue weighted by Gasteiger charge is 2.27. The number of benzene rings is 2. The van der Waals surface area contributed by atoms with Crippen molar-refractivity contribution in [2.45, 2.75) is 6.04 Å². The van der Waals surface area contributed by atoms with E-state index >= 15 is 0 Å². The van der Waals surface area contributed by atoms with Gasteiger partial charge < -0.3 is 19.6 Å². The van der Waals surface area contributed by atoms with E-state index in [1.807, 2.05) is 18.3 Å². The first-order chi connectivity index (χ1) is 12.7. The second-order valence-corrected chi connectivity index (χ2v) is 6.42. The molecule has 1 aliphatic heterocycles. The molecule has 0 saturated carbocycles.